The van der Waals surface area contributed by atoms with Crippen LogP contribution in [-0.2, 0) is 0 Å². The molecule has 0 unspecified atom stereocenters. The smallest absolute Gasteiger partial charge is 0.257 e. The number of hydrogen-bond donors (Lipinski definition) is 2. The van der Waals surface area contributed by atoms with Gasteiger partial charge in [0.15, 0.2) is 0 Å². The van der Waals surface area contributed by atoms with E-state index in [2.05, 4.69) is 5.32 Å². The molecular formula is C12H15F2NO2. The van der Waals surface area contributed by atoms with Crippen LogP contribution >= 0.6 is 0 Å². The molecule has 0 radical (unpaired) electrons. The highest BCUT2D eigenvalue weighted by Crippen LogP contribution is 2.14. The summed E-state index contributed by atoms with van der Waals surface area (Å²) >= 11 is 0. The van der Waals surface area contributed by atoms with Crippen LogP contribution in [0.25, 0.3) is 0 Å². The van der Waals surface area contributed by atoms with Crippen molar-refractivity contribution in [2.24, 2.45) is 0 Å². The van der Waals surface area contributed by atoms with Gasteiger partial charge in [-0.05, 0) is 32.4 Å². The normalized spacial score (nSPS) is 11.4. The van der Waals surface area contributed by atoms with E-state index in [1.165, 1.54) is 6.07 Å². The zero-order chi connectivity index (χ0) is 13.1. The summed E-state index contributed by atoms with van der Waals surface area (Å²) < 4.78 is 26.6. The fourth-order valence-corrected chi connectivity index (χ4v) is 1.43. The predicted molar refractivity (Wildman–Crippen MR) is 59.6 cm³/mol. The fourth-order valence-electron chi connectivity index (χ4n) is 1.43. The Labute approximate surface area is 98.5 Å². The topological polar surface area (TPSA) is 49.3 Å². The lowest BCUT2D eigenvalue weighted by Gasteiger charge is -2.25. The predicted octanol–water partition coefficient (Wildman–Crippen LogP) is 1.86. The number of carbonyl (C=O) groups excluding carboxylic acids is 1. The fraction of sp³-hybridized carbons (Fsp3) is 0.417. The van der Waals surface area contributed by atoms with E-state index in [-0.39, 0.29) is 6.61 Å². The first kappa shape index (κ1) is 13.6. The van der Waals surface area contributed by atoms with Gasteiger partial charge in [-0.1, -0.05) is 6.07 Å². The molecule has 94 valence electrons. The molecule has 0 aliphatic rings. The van der Waals surface area contributed by atoms with E-state index >= 15 is 0 Å². The van der Waals surface area contributed by atoms with E-state index < -0.39 is 28.6 Å². The van der Waals surface area contributed by atoms with Gasteiger partial charge in [0, 0.05) is 12.1 Å². The zero-order valence-electron chi connectivity index (χ0n) is 9.76. The van der Waals surface area contributed by atoms with E-state index in [1.807, 2.05) is 0 Å². The van der Waals surface area contributed by atoms with Crippen molar-refractivity contribution in [3.63, 3.8) is 0 Å². The second kappa shape index (κ2) is 5.23. The van der Waals surface area contributed by atoms with E-state index in [0.717, 1.165) is 12.1 Å². The lowest BCUT2D eigenvalue weighted by atomic mass is 10.0. The number of nitrogens with one attached hydrogen (secondary N) is 1. The molecule has 0 aromatic heterocycles. The molecule has 0 atom stereocenters. The second-order valence-corrected chi connectivity index (χ2v) is 4.41. The first-order valence-corrected chi connectivity index (χ1v) is 5.25. The van der Waals surface area contributed by atoms with Gasteiger partial charge in [-0.3, -0.25) is 4.79 Å². The van der Waals surface area contributed by atoms with Crippen LogP contribution in [0.2, 0.25) is 0 Å². The number of carbonyl (C=O) groups is 1. The van der Waals surface area contributed by atoms with Gasteiger partial charge in [0.1, 0.15) is 17.2 Å². The van der Waals surface area contributed by atoms with Gasteiger partial charge in [-0.2, -0.15) is 0 Å². The van der Waals surface area contributed by atoms with Crippen molar-refractivity contribution in [1.29, 1.82) is 0 Å². The third kappa shape index (κ3) is 3.49. The lowest BCUT2D eigenvalue weighted by Crippen LogP contribution is -2.44. The summed E-state index contributed by atoms with van der Waals surface area (Å²) in [4.78, 5) is 11.7. The minimum Gasteiger partial charge on any atom is -0.396 e. The molecule has 0 heterocycles. The van der Waals surface area contributed by atoms with Crippen LogP contribution in [0.4, 0.5) is 8.78 Å². The van der Waals surface area contributed by atoms with Crippen molar-refractivity contribution in [2.45, 2.75) is 25.8 Å². The second-order valence-electron chi connectivity index (χ2n) is 4.41. The van der Waals surface area contributed by atoms with Gasteiger partial charge in [0.25, 0.3) is 5.91 Å². The molecule has 0 saturated heterocycles. The SMILES string of the molecule is CC(C)(CCO)NC(=O)c1c(F)cccc1F. The van der Waals surface area contributed by atoms with E-state index in [1.54, 1.807) is 13.8 Å². The Kier molecular flexibility index (Phi) is 4.17. The number of hydrogen-bond acceptors (Lipinski definition) is 2. The van der Waals surface area contributed by atoms with E-state index in [4.69, 9.17) is 5.11 Å². The summed E-state index contributed by atoms with van der Waals surface area (Å²) in [5, 5.41) is 11.3. The largest absolute Gasteiger partial charge is 0.396 e. The minimum atomic E-state index is -0.901. The summed E-state index contributed by atoms with van der Waals surface area (Å²) in [6.07, 6.45) is 0.300. The van der Waals surface area contributed by atoms with Gasteiger partial charge >= 0.3 is 0 Å². The molecule has 5 heteroatoms. The Morgan fingerprint density at radius 2 is 1.88 bits per heavy atom. The van der Waals surface area contributed by atoms with E-state index in [0.29, 0.717) is 6.42 Å². The Bertz CT molecular complexity index is 399. The molecule has 0 saturated carbocycles. The summed E-state index contributed by atoms with van der Waals surface area (Å²) in [6.45, 7) is 3.22. The molecule has 1 rings (SSSR count). The molecule has 0 aliphatic carbocycles. The Hall–Kier alpha value is -1.49. The number of rotatable bonds is 4. The van der Waals surface area contributed by atoms with Gasteiger partial charge in [-0.15, -0.1) is 0 Å². The quantitative estimate of drug-likeness (QED) is 0.848. The molecule has 1 aromatic carbocycles. The molecule has 1 amide bonds. The van der Waals surface area contributed by atoms with Crippen LogP contribution in [0, 0.1) is 11.6 Å². The Morgan fingerprint density at radius 3 is 2.35 bits per heavy atom. The van der Waals surface area contributed by atoms with Crippen molar-refractivity contribution in [2.75, 3.05) is 6.61 Å². The molecule has 17 heavy (non-hydrogen) atoms. The van der Waals surface area contributed by atoms with Crippen LogP contribution in [0.1, 0.15) is 30.6 Å². The maximum atomic E-state index is 13.3. The van der Waals surface area contributed by atoms with Crippen LogP contribution in [0.15, 0.2) is 18.2 Å². The third-order valence-corrected chi connectivity index (χ3v) is 2.38. The number of aliphatic hydroxyl groups excluding tert-OH is 1. The number of halogens is 2. The van der Waals surface area contributed by atoms with Crippen LogP contribution in [0.3, 0.4) is 0 Å². The van der Waals surface area contributed by atoms with Gasteiger partial charge in [-0.25, -0.2) is 8.78 Å². The summed E-state index contributed by atoms with van der Waals surface area (Å²) in [7, 11) is 0. The maximum absolute atomic E-state index is 13.3. The standard InChI is InChI=1S/C12H15F2NO2/c1-12(2,6-7-16)15-11(17)10-8(13)4-3-5-9(10)14/h3-5,16H,6-7H2,1-2H3,(H,15,17). The minimum absolute atomic E-state index is 0.118. The van der Waals surface area contributed by atoms with Gasteiger partial charge in [0.2, 0.25) is 0 Å². The summed E-state index contributed by atoms with van der Waals surface area (Å²) in [5.41, 5.74) is -1.32. The lowest BCUT2D eigenvalue weighted by molar-refractivity contribution is 0.0891. The van der Waals surface area contributed by atoms with Crippen molar-refractivity contribution in [3.8, 4) is 0 Å². The van der Waals surface area contributed by atoms with Crippen LogP contribution < -0.4 is 5.32 Å². The van der Waals surface area contributed by atoms with Crippen LogP contribution in [-0.4, -0.2) is 23.2 Å². The number of aliphatic hydroxyl groups is 1. The van der Waals surface area contributed by atoms with Crippen molar-refractivity contribution >= 4 is 5.91 Å². The molecule has 0 bridgehead atoms. The molecular weight excluding hydrogens is 228 g/mol. The number of amides is 1. The molecule has 3 nitrogen and oxygen atoms in total. The first-order valence-electron chi connectivity index (χ1n) is 5.25. The van der Waals surface area contributed by atoms with Gasteiger partial charge in [0.05, 0.1) is 0 Å². The maximum Gasteiger partial charge on any atom is 0.257 e. The summed E-state index contributed by atoms with van der Waals surface area (Å²) in [5.74, 6) is -2.62. The Morgan fingerprint density at radius 1 is 1.35 bits per heavy atom. The van der Waals surface area contributed by atoms with Crippen molar-refractivity contribution in [3.05, 3.63) is 35.4 Å². The third-order valence-electron chi connectivity index (χ3n) is 2.38. The van der Waals surface area contributed by atoms with E-state index in [9.17, 15) is 13.6 Å². The molecule has 2 N–H and O–H groups in total. The Balaban J connectivity index is 2.91. The van der Waals surface area contributed by atoms with Crippen LogP contribution in [0.5, 0.6) is 0 Å². The molecule has 0 spiro atoms. The molecule has 1 aromatic rings. The highest BCUT2D eigenvalue weighted by atomic mass is 19.1. The van der Waals surface area contributed by atoms with Crippen molar-refractivity contribution in [1.82, 2.24) is 5.32 Å². The highest BCUT2D eigenvalue weighted by molar-refractivity contribution is 5.95. The highest BCUT2D eigenvalue weighted by Gasteiger charge is 2.24. The summed E-state index contributed by atoms with van der Waals surface area (Å²) in [6, 6.07) is 3.24. The average Bonchev–Trinajstić information content (AvgIpc) is 2.15. The van der Waals surface area contributed by atoms with Gasteiger partial charge < -0.3 is 10.4 Å². The van der Waals surface area contributed by atoms with Crippen molar-refractivity contribution < 1.29 is 18.7 Å². The first-order chi connectivity index (χ1) is 7.87. The number of benzene rings is 1. The monoisotopic (exact) mass is 243 g/mol. The molecule has 0 aliphatic heterocycles. The molecule has 0 fully saturated rings. The zero-order valence-corrected chi connectivity index (χ0v) is 9.76. The average molecular weight is 243 g/mol.